The number of carboxylic acids is 1. The summed E-state index contributed by atoms with van der Waals surface area (Å²) in [6, 6.07) is -0.957. The van der Waals surface area contributed by atoms with Crippen LogP contribution in [0.25, 0.3) is 0 Å². The summed E-state index contributed by atoms with van der Waals surface area (Å²) in [5.41, 5.74) is 0. The smallest absolute Gasteiger partial charge is 0.326 e. The van der Waals surface area contributed by atoms with E-state index in [1.807, 2.05) is 6.92 Å². The van der Waals surface area contributed by atoms with Crippen LogP contribution >= 0.6 is 0 Å². The predicted octanol–water partition coefficient (Wildman–Crippen LogP) is 1.75. The first-order valence-electron chi connectivity index (χ1n) is 6.47. The molecule has 2 atom stereocenters. The molecule has 104 valence electrons. The minimum absolute atomic E-state index is 0.142. The summed E-state index contributed by atoms with van der Waals surface area (Å²) >= 11 is 0. The number of aldehydes is 1. The van der Waals surface area contributed by atoms with E-state index in [0.717, 1.165) is 19.3 Å². The van der Waals surface area contributed by atoms with Crippen molar-refractivity contribution in [1.29, 1.82) is 0 Å². The Kier molecular flexibility index (Phi) is 8.88. The average Bonchev–Trinajstić information content (AvgIpc) is 2.31. The van der Waals surface area contributed by atoms with Crippen molar-refractivity contribution in [2.75, 3.05) is 0 Å². The first kappa shape index (κ1) is 16.6. The molecule has 0 fully saturated rings. The van der Waals surface area contributed by atoms with Crippen LogP contribution in [0.4, 0.5) is 0 Å². The van der Waals surface area contributed by atoms with Crippen LogP contribution in [0.3, 0.4) is 0 Å². The lowest BCUT2D eigenvalue weighted by molar-refractivity contribution is -0.142. The van der Waals surface area contributed by atoms with Crippen LogP contribution in [0, 0.1) is 5.92 Å². The third-order valence-corrected chi connectivity index (χ3v) is 2.79. The van der Waals surface area contributed by atoms with Gasteiger partial charge in [-0.15, -0.1) is 0 Å². The molecule has 1 amide bonds. The Morgan fingerprint density at radius 1 is 1.33 bits per heavy atom. The highest BCUT2D eigenvalue weighted by Crippen LogP contribution is 2.11. The minimum atomic E-state index is -1.09. The van der Waals surface area contributed by atoms with E-state index in [9.17, 15) is 14.4 Å². The Balaban J connectivity index is 4.08. The maximum Gasteiger partial charge on any atom is 0.326 e. The van der Waals surface area contributed by atoms with Crippen molar-refractivity contribution in [2.45, 2.75) is 58.4 Å². The molecule has 0 aliphatic heterocycles. The number of aliphatic carboxylic acids is 1. The zero-order chi connectivity index (χ0) is 14.0. The standard InChI is InChI=1S/C13H23NO4/c1-3-4-6-10(2)9-12(16)14-11(13(17)18)7-5-8-15/h8,10-11H,3-7,9H2,1-2H3,(H,14,16)(H,17,18)/t10-,11+/m0/s1. The van der Waals surface area contributed by atoms with E-state index in [4.69, 9.17) is 5.11 Å². The van der Waals surface area contributed by atoms with Gasteiger partial charge in [-0.2, -0.15) is 0 Å². The van der Waals surface area contributed by atoms with Crippen LogP contribution in [0.2, 0.25) is 0 Å². The molecule has 5 nitrogen and oxygen atoms in total. The van der Waals surface area contributed by atoms with Crippen molar-refractivity contribution in [3.05, 3.63) is 0 Å². The number of nitrogens with one attached hydrogen (secondary N) is 1. The lowest BCUT2D eigenvalue weighted by Crippen LogP contribution is -2.41. The van der Waals surface area contributed by atoms with Crippen molar-refractivity contribution in [2.24, 2.45) is 5.92 Å². The largest absolute Gasteiger partial charge is 0.480 e. The van der Waals surface area contributed by atoms with Crippen molar-refractivity contribution in [3.8, 4) is 0 Å². The summed E-state index contributed by atoms with van der Waals surface area (Å²) in [7, 11) is 0. The summed E-state index contributed by atoms with van der Waals surface area (Å²) in [6.07, 6.45) is 4.41. The molecule has 18 heavy (non-hydrogen) atoms. The van der Waals surface area contributed by atoms with E-state index in [0.29, 0.717) is 12.7 Å². The summed E-state index contributed by atoms with van der Waals surface area (Å²) in [4.78, 5) is 32.7. The molecule has 5 heteroatoms. The highest BCUT2D eigenvalue weighted by molar-refractivity contribution is 5.83. The quantitative estimate of drug-likeness (QED) is 0.584. The van der Waals surface area contributed by atoms with Crippen LogP contribution in [-0.2, 0) is 14.4 Å². The second-order valence-corrected chi connectivity index (χ2v) is 4.65. The van der Waals surface area contributed by atoms with E-state index in [1.54, 1.807) is 0 Å². The Morgan fingerprint density at radius 2 is 2.00 bits per heavy atom. The van der Waals surface area contributed by atoms with Gasteiger partial charge < -0.3 is 15.2 Å². The number of rotatable bonds is 10. The Labute approximate surface area is 108 Å². The fraction of sp³-hybridized carbons (Fsp3) is 0.769. The lowest BCUT2D eigenvalue weighted by atomic mass is 10.00. The zero-order valence-electron chi connectivity index (χ0n) is 11.1. The average molecular weight is 257 g/mol. The van der Waals surface area contributed by atoms with Crippen LogP contribution in [0.5, 0.6) is 0 Å². The minimum Gasteiger partial charge on any atom is -0.480 e. The van der Waals surface area contributed by atoms with E-state index in [2.05, 4.69) is 12.2 Å². The topological polar surface area (TPSA) is 83.5 Å². The Bertz CT molecular complexity index is 278. The molecule has 0 aromatic carbocycles. The number of hydrogen-bond donors (Lipinski definition) is 2. The number of hydrogen-bond acceptors (Lipinski definition) is 3. The highest BCUT2D eigenvalue weighted by atomic mass is 16.4. The van der Waals surface area contributed by atoms with E-state index >= 15 is 0 Å². The Morgan fingerprint density at radius 3 is 2.50 bits per heavy atom. The van der Waals surface area contributed by atoms with E-state index < -0.39 is 12.0 Å². The van der Waals surface area contributed by atoms with Crippen molar-refractivity contribution in [3.63, 3.8) is 0 Å². The lowest BCUT2D eigenvalue weighted by Gasteiger charge is -2.15. The molecule has 0 aromatic heterocycles. The first-order chi connectivity index (χ1) is 8.51. The third kappa shape index (κ3) is 7.81. The van der Waals surface area contributed by atoms with Gasteiger partial charge in [0.2, 0.25) is 5.91 Å². The number of carboxylic acid groups (broad SMARTS) is 1. The van der Waals surface area contributed by atoms with Crippen LogP contribution in [0.1, 0.15) is 52.4 Å². The Hall–Kier alpha value is -1.39. The SMILES string of the molecule is CCCC[C@H](C)CC(=O)N[C@H](CCC=O)C(=O)O. The second-order valence-electron chi connectivity index (χ2n) is 4.65. The van der Waals surface area contributed by atoms with Crippen LogP contribution in [-0.4, -0.2) is 29.3 Å². The van der Waals surface area contributed by atoms with E-state index in [-0.39, 0.29) is 24.7 Å². The number of amides is 1. The molecule has 0 bridgehead atoms. The van der Waals surface area contributed by atoms with Crippen molar-refractivity contribution in [1.82, 2.24) is 5.32 Å². The van der Waals surface area contributed by atoms with Gasteiger partial charge in [0, 0.05) is 12.8 Å². The summed E-state index contributed by atoms with van der Waals surface area (Å²) in [6.45, 7) is 4.07. The number of unbranched alkanes of at least 4 members (excludes halogenated alkanes) is 1. The number of carbonyl (C=O) groups is 3. The van der Waals surface area contributed by atoms with Gasteiger partial charge in [0.05, 0.1) is 0 Å². The molecule has 0 rings (SSSR count). The molecular formula is C13H23NO4. The molecule has 0 heterocycles. The van der Waals surface area contributed by atoms with Crippen LogP contribution < -0.4 is 5.32 Å². The molecule has 2 N–H and O–H groups in total. The van der Waals surface area contributed by atoms with Gasteiger partial charge in [0.25, 0.3) is 0 Å². The van der Waals surface area contributed by atoms with Gasteiger partial charge in [-0.25, -0.2) is 4.79 Å². The molecule has 0 unspecified atom stereocenters. The van der Waals surface area contributed by atoms with Gasteiger partial charge >= 0.3 is 5.97 Å². The fourth-order valence-electron chi connectivity index (χ4n) is 1.72. The summed E-state index contributed by atoms with van der Waals surface area (Å²) in [5, 5.41) is 11.4. The molecule has 0 saturated carbocycles. The van der Waals surface area contributed by atoms with Gasteiger partial charge in [-0.1, -0.05) is 33.1 Å². The third-order valence-electron chi connectivity index (χ3n) is 2.79. The molecular weight excluding hydrogens is 234 g/mol. The summed E-state index contributed by atoms with van der Waals surface area (Å²) < 4.78 is 0. The molecule has 0 aliphatic rings. The van der Waals surface area contributed by atoms with Gasteiger partial charge in [0.1, 0.15) is 12.3 Å². The second kappa shape index (κ2) is 9.62. The summed E-state index contributed by atoms with van der Waals surface area (Å²) in [5.74, 6) is -1.09. The van der Waals surface area contributed by atoms with E-state index in [1.165, 1.54) is 0 Å². The zero-order valence-corrected chi connectivity index (χ0v) is 11.1. The molecule has 0 saturated heterocycles. The molecule has 0 radical (unpaired) electrons. The fourth-order valence-corrected chi connectivity index (χ4v) is 1.72. The van der Waals surface area contributed by atoms with Gasteiger partial charge in [-0.05, 0) is 12.3 Å². The first-order valence-corrected chi connectivity index (χ1v) is 6.47. The molecule has 0 aromatic rings. The van der Waals surface area contributed by atoms with Gasteiger partial charge in [0.15, 0.2) is 0 Å². The maximum absolute atomic E-state index is 11.6. The molecule has 0 spiro atoms. The van der Waals surface area contributed by atoms with Crippen molar-refractivity contribution >= 4 is 18.2 Å². The highest BCUT2D eigenvalue weighted by Gasteiger charge is 2.20. The monoisotopic (exact) mass is 257 g/mol. The van der Waals surface area contributed by atoms with Crippen molar-refractivity contribution < 1.29 is 19.5 Å². The van der Waals surface area contributed by atoms with Gasteiger partial charge in [-0.3, -0.25) is 4.79 Å². The maximum atomic E-state index is 11.6. The molecule has 0 aliphatic carbocycles. The normalized spacial score (nSPS) is 13.7. The number of carbonyl (C=O) groups excluding carboxylic acids is 2. The van der Waals surface area contributed by atoms with Crippen LogP contribution in [0.15, 0.2) is 0 Å². The predicted molar refractivity (Wildman–Crippen MR) is 68.2 cm³/mol.